The van der Waals surface area contributed by atoms with Gasteiger partial charge in [-0.05, 0) is 0 Å². The van der Waals surface area contributed by atoms with Gasteiger partial charge in [0, 0.05) is 0 Å². The van der Waals surface area contributed by atoms with E-state index in [9.17, 15) is 0 Å². The van der Waals surface area contributed by atoms with Crippen LogP contribution in [-0.4, -0.2) is 58.1 Å². The van der Waals surface area contributed by atoms with Gasteiger partial charge >= 0.3 is 51.4 Å². The van der Waals surface area contributed by atoms with E-state index >= 15 is 0 Å². The standard InChI is InChI=1S/C15H33B.K.H/c1-4-7-10-13-16(14-11-8-5-2)15-12-9-6-3;;/h4-15H2,1-3H3;;. The van der Waals surface area contributed by atoms with E-state index < -0.39 is 0 Å². The van der Waals surface area contributed by atoms with Gasteiger partial charge in [-0.15, -0.1) is 0 Å². The molecule has 0 aliphatic carbocycles. The number of hydrogen-bond donors (Lipinski definition) is 0. The van der Waals surface area contributed by atoms with Crippen molar-refractivity contribution in [2.45, 2.75) is 97.5 Å². The van der Waals surface area contributed by atoms with Crippen molar-refractivity contribution >= 4 is 58.1 Å². The summed E-state index contributed by atoms with van der Waals surface area (Å²) in [5.41, 5.74) is 0. The SMILES string of the molecule is CCCCCB(CCCCC)CCCCC.[KH]. The average Bonchev–Trinajstić information content (AvgIpc) is 2.29. The van der Waals surface area contributed by atoms with Crippen LogP contribution in [0.3, 0.4) is 0 Å². The average molecular weight is 264 g/mol. The van der Waals surface area contributed by atoms with Gasteiger partial charge in [0.2, 0.25) is 0 Å². The van der Waals surface area contributed by atoms with E-state index in [4.69, 9.17) is 0 Å². The third-order valence-electron chi connectivity index (χ3n) is 3.65. The van der Waals surface area contributed by atoms with Crippen LogP contribution in [0.1, 0.15) is 78.6 Å². The Morgan fingerprint density at radius 3 is 1.06 bits per heavy atom. The van der Waals surface area contributed by atoms with E-state index in [0.29, 0.717) is 0 Å². The first kappa shape index (κ1) is 21.0. The molecule has 0 heterocycles. The third-order valence-corrected chi connectivity index (χ3v) is 3.65. The maximum atomic E-state index is 2.31. The molecule has 0 nitrogen and oxygen atoms in total. The quantitative estimate of drug-likeness (QED) is 0.327. The summed E-state index contributed by atoms with van der Waals surface area (Å²) in [4.78, 5) is 0. The first-order chi connectivity index (χ1) is 7.85. The van der Waals surface area contributed by atoms with E-state index in [1.165, 1.54) is 76.7 Å². The molecule has 17 heavy (non-hydrogen) atoms. The molecule has 0 saturated carbocycles. The first-order valence-corrected chi connectivity index (χ1v) is 7.85. The van der Waals surface area contributed by atoms with E-state index in [0.717, 1.165) is 6.71 Å². The van der Waals surface area contributed by atoms with Gasteiger partial charge < -0.3 is 0 Å². The maximum absolute atomic E-state index is 2.31. The van der Waals surface area contributed by atoms with Gasteiger partial charge in [-0.2, -0.15) is 0 Å². The molecule has 0 aromatic heterocycles. The second kappa shape index (κ2) is 17.7. The van der Waals surface area contributed by atoms with E-state index in [1.807, 2.05) is 0 Å². The summed E-state index contributed by atoms with van der Waals surface area (Å²) in [6.45, 7) is 7.97. The van der Waals surface area contributed by atoms with Crippen LogP contribution in [-0.2, 0) is 0 Å². The fraction of sp³-hybridized carbons (Fsp3) is 1.00. The molecule has 0 spiro atoms. The fourth-order valence-corrected chi connectivity index (χ4v) is 2.48. The predicted octanol–water partition coefficient (Wildman–Crippen LogP) is 5.40. The van der Waals surface area contributed by atoms with E-state index in [2.05, 4.69) is 20.8 Å². The van der Waals surface area contributed by atoms with Gasteiger partial charge in [-0.25, -0.2) is 0 Å². The molecule has 0 amide bonds. The molecule has 0 unspecified atom stereocenters. The van der Waals surface area contributed by atoms with E-state index in [-0.39, 0.29) is 51.4 Å². The zero-order valence-corrected chi connectivity index (χ0v) is 12.1. The van der Waals surface area contributed by atoms with Crippen molar-refractivity contribution in [3.8, 4) is 0 Å². The Bertz CT molecular complexity index is 104. The van der Waals surface area contributed by atoms with Crippen LogP contribution in [0.25, 0.3) is 0 Å². The zero-order valence-electron chi connectivity index (χ0n) is 12.1. The van der Waals surface area contributed by atoms with Gasteiger partial charge in [0.05, 0.1) is 0 Å². The summed E-state index contributed by atoms with van der Waals surface area (Å²) in [5.74, 6) is 0. The molecular formula is C15H34BK. The summed E-state index contributed by atoms with van der Waals surface area (Å²) in [6.07, 6.45) is 17.4. The van der Waals surface area contributed by atoms with Crippen LogP contribution in [0.5, 0.6) is 0 Å². The fourth-order valence-electron chi connectivity index (χ4n) is 2.48. The summed E-state index contributed by atoms with van der Waals surface area (Å²) in [7, 11) is 0. The molecule has 2 heteroatoms. The van der Waals surface area contributed by atoms with Crippen LogP contribution in [0, 0.1) is 0 Å². The molecule has 0 radical (unpaired) electrons. The molecule has 0 N–H and O–H groups in total. The third kappa shape index (κ3) is 15.6. The molecule has 0 bridgehead atoms. The molecule has 0 rings (SSSR count). The Hall–Kier alpha value is 1.70. The second-order valence-electron chi connectivity index (χ2n) is 5.35. The topological polar surface area (TPSA) is 0 Å². The van der Waals surface area contributed by atoms with Crippen molar-refractivity contribution in [1.29, 1.82) is 0 Å². The minimum atomic E-state index is 0. The molecule has 0 aliphatic rings. The number of hydrogen-bond acceptors (Lipinski definition) is 0. The molecule has 98 valence electrons. The zero-order chi connectivity index (χ0) is 12.1. The van der Waals surface area contributed by atoms with Crippen molar-refractivity contribution < 1.29 is 0 Å². The van der Waals surface area contributed by atoms with Gasteiger partial charge in [0.15, 0.2) is 0 Å². The predicted molar refractivity (Wildman–Crippen MR) is 85.9 cm³/mol. The Labute approximate surface area is 154 Å². The first-order valence-electron chi connectivity index (χ1n) is 7.85. The van der Waals surface area contributed by atoms with Crippen LogP contribution in [0.4, 0.5) is 0 Å². The van der Waals surface area contributed by atoms with Crippen LogP contribution in [0.15, 0.2) is 0 Å². The molecule has 0 aromatic rings. The minimum absolute atomic E-state index is 0. The van der Waals surface area contributed by atoms with Gasteiger partial charge in [0.1, 0.15) is 6.71 Å². The molecule has 0 saturated heterocycles. The molecule has 0 atom stereocenters. The molecule has 0 aliphatic heterocycles. The van der Waals surface area contributed by atoms with Gasteiger partial charge in [-0.3, -0.25) is 0 Å². The van der Waals surface area contributed by atoms with Gasteiger partial charge in [-0.1, -0.05) is 97.5 Å². The summed E-state index contributed by atoms with van der Waals surface area (Å²) >= 11 is 0. The van der Waals surface area contributed by atoms with Crippen molar-refractivity contribution in [2.75, 3.05) is 0 Å². The van der Waals surface area contributed by atoms with Crippen molar-refractivity contribution in [2.24, 2.45) is 0 Å². The van der Waals surface area contributed by atoms with Crippen LogP contribution >= 0.6 is 0 Å². The molecule has 0 aromatic carbocycles. The van der Waals surface area contributed by atoms with Crippen molar-refractivity contribution in [3.63, 3.8) is 0 Å². The second-order valence-corrected chi connectivity index (χ2v) is 5.35. The number of rotatable bonds is 12. The van der Waals surface area contributed by atoms with E-state index in [1.54, 1.807) is 0 Å². The molecule has 0 fully saturated rings. The Kier molecular flexibility index (Phi) is 21.9. The Morgan fingerprint density at radius 2 is 0.824 bits per heavy atom. The van der Waals surface area contributed by atoms with Crippen LogP contribution in [0.2, 0.25) is 19.0 Å². The Balaban J connectivity index is 0. The summed E-state index contributed by atoms with van der Waals surface area (Å²) in [6, 6.07) is 0. The molecular weight excluding hydrogens is 230 g/mol. The summed E-state index contributed by atoms with van der Waals surface area (Å²) in [5, 5.41) is 0. The Morgan fingerprint density at radius 1 is 0.529 bits per heavy atom. The van der Waals surface area contributed by atoms with Crippen molar-refractivity contribution in [3.05, 3.63) is 0 Å². The van der Waals surface area contributed by atoms with Crippen LogP contribution < -0.4 is 0 Å². The van der Waals surface area contributed by atoms with Crippen molar-refractivity contribution in [1.82, 2.24) is 0 Å². The number of unbranched alkanes of at least 4 members (excludes halogenated alkanes) is 6. The van der Waals surface area contributed by atoms with Gasteiger partial charge in [0.25, 0.3) is 0 Å². The normalized spacial score (nSPS) is 10.1. The summed E-state index contributed by atoms with van der Waals surface area (Å²) < 4.78 is 0. The monoisotopic (exact) mass is 264 g/mol.